The number of aryl methyl sites for hydroxylation is 1. The first-order chi connectivity index (χ1) is 9.18. The van der Waals surface area contributed by atoms with Gasteiger partial charge in [0.05, 0.1) is 5.52 Å². The van der Waals surface area contributed by atoms with Crippen molar-refractivity contribution in [1.29, 1.82) is 0 Å². The summed E-state index contributed by atoms with van der Waals surface area (Å²) < 4.78 is 1.86. The van der Waals surface area contributed by atoms with Gasteiger partial charge in [-0.15, -0.1) is 0 Å². The number of aromatic nitrogens is 2. The van der Waals surface area contributed by atoms with E-state index in [0.29, 0.717) is 11.7 Å². The van der Waals surface area contributed by atoms with Crippen LogP contribution in [0.25, 0.3) is 10.9 Å². The van der Waals surface area contributed by atoms with Crippen molar-refractivity contribution >= 4 is 22.5 Å². The van der Waals surface area contributed by atoms with E-state index in [-0.39, 0.29) is 5.41 Å². The molecule has 0 atom stereocenters. The van der Waals surface area contributed by atoms with Gasteiger partial charge in [0.25, 0.3) is 0 Å². The van der Waals surface area contributed by atoms with Gasteiger partial charge in [0.1, 0.15) is 0 Å². The summed E-state index contributed by atoms with van der Waals surface area (Å²) in [5, 5.41) is 6.05. The smallest absolute Gasteiger partial charge is 0.159 e. The van der Waals surface area contributed by atoms with Gasteiger partial charge in [-0.2, -0.15) is 5.10 Å². The Morgan fingerprint density at radius 3 is 2.74 bits per heavy atom. The summed E-state index contributed by atoms with van der Waals surface area (Å²) in [6, 6.07) is 6.36. The molecule has 0 radical (unpaired) electrons. The Hall–Kier alpha value is -1.06. The van der Waals surface area contributed by atoms with Gasteiger partial charge in [-0.05, 0) is 24.5 Å². The van der Waals surface area contributed by atoms with E-state index in [1.165, 1.54) is 24.8 Å². The molecule has 1 fully saturated rings. The lowest BCUT2D eigenvalue weighted by Crippen LogP contribution is -2.37. The maximum absolute atomic E-state index is 6.35. The molecule has 1 saturated carbocycles. The van der Waals surface area contributed by atoms with Crippen LogP contribution in [0.1, 0.15) is 37.7 Å². The molecule has 0 spiro atoms. The summed E-state index contributed by atoms with van der Waals surface area (Å²) >= 11 is 6.35. The van der Waals surface area contributed by atoms with Gasteiger partial charge in [-0.1, -0.05) is 43.0 Å². The summed E-state index contributed by atoms with van der Waals surface area (Å²) in [6.07, 6.45) is 6.15. The third-order valence-corrected chi connectivity index (χ3v) is 4.87. The van der Waals surface area contributed by atoms with E-state index >= 15 is 0 Å². The highest BCUT2D eigenvalue weighted by Crippen LogP contribution is 2.43. The molecule has 19 heavy (non-hydrogen) atoms. The highest BCUT2D eigenvalue weighted by Gasteiger charge is 2.34. The van der Waals surface area contributed by atoms with Crippen LogP contribution < -0.4 is 5.73 Å². The lowest BCUT2D eigenvalue weighted by Gasteiger charge is -2.37. The van der Waals surface area contributed by atoms with Gasteiger partial charge in [0.2, 0.25) is 0 Å². The van der Waals surface area contributed by atoms with E-state index in [2.05, 4.69) is 23.3 Å². The standard InChI is InChI=1S/C15H20ClN3/c1-19-12-7-5-6-11(13(12)14(16)18-19)15(10-17)8-3-2-4-9-15/h5-7H,2-4,8-10,17H2,1H3. The van der Waals surface area contributed by atoms with Gasteiger partial charge < -0.3 is 5.73 Å². The topological polar surface area (TPSA) is 43.8 Å². The molecule has 1 aliphatic carbocycles. The van der Waals surface area contributed by atoms with Crippen molar-refractivity contribution in [3.63, 3.8) is 0 Å². The SMILES string of the molecule is Cn1nc(Cl)c2c(C3(CN)CCCCC3)cccc21. The van der Waals surface area contributed by atoms with Crippen LogP contribution >= 0.6 is 11.6 Å². The van der Waals surface area contributed by atoms with E-state index < -0.39 is 0 Å². The molecule has 3 rings (SSSR count). The van der Waals surface area contributed by atoms with Crippen LogP contribution in [0.2, 0.25) is 5.15 Å². The second-order valence-corrected chi connectivity index (χ2v) is 6.02. The zero-order valence-electron chi connectivity index (χ0n) is 11.3. The minimum atomic E-state index is 0.0877. The molecule has 0 aliphatic heterocycles. The number of halogens is 1. The fourth-order valence-electron chi connectivity index (χ4n) is 3.52. The Labute approximate surface area is 118 Å². The van der Waals surface area contributed by atoms with Crippen molar-refractivity contribution in [2.45, 2.75) is 37.5 Å². The van der Waals surface area contributed by atoms with Crippen LogP contribution in [0.4, 0.5) is 0 Å². The fraction of sp³-hybridized carbons (Fsp3) is 0.533. The van der Waals surface area contributed by atoms with Crippen molar-refractivity contribution in [2.24, 2.45) is 12.8 Å². The average molecular weight is 278 g/mol. The zero-order chi connectivity index (χ0) is 13.5. The molecule has 0 bridgehead atoms. The first-order valence-corrected chi connectivity index (χ1v) is 7.37. The predicted octanol–water partition coefficient (Wildman–Crippen LogP) is 3.39. The lowest BCUT2D eigenvalue weighted by molar-refractivity contribution is 0.303. The highest BCUT2D eigenvalue weighted by atomic mass is 35.5. The van der Waals surface area contributed by atoms with E-state index in [4.69, 9.17) is 17.3 Å². The Morgan fingerprint density at radius 2 is 2.05 bits per heavy atom. The number of hydrogen-bond donors (Lipinski definition) is 1. The number of benzene rings is 1. The van der Waals surface area contributed by atoms with E-state index in [9.17, 15) is 0 Å². The highest BCUT2D eigenvalue weighted by molar-refractivity contribution is 6.34. The molecule has 0 unspecified atom stereocenters. The maximum Gasteiger partial charge on any atom is 0.159 e. The first-order valence-electron chi connectivity index (χ1n) is 7.00. The van der Waals surface area contributed by atoms with Crippen LogP contribution in [0.3, 0.4) is 0 Å². The summed E-state index contributed by atoms with van der Waals surface area (Å²) in [5.41, 5.74) is 8.63. The van der Waals surface area contributed by atoms with Crippen molar-refractivity contribution in [1.82, 2.24) is 9.78 Å². The van der Waals surface area contributed by atoms with E-state index in [1.807, 2.05) is 11.7 Å². The zero-order valence-corrected chi connectivity index (χ0v) is 12.1. The van der Waals surface area contributed by atoms with E-state index in [0.717, 1.165) is 23.7 Å². The van der Waals surface area contributed by atoms with Crippen LogP contribution in [0.15, 0.2) is 18.2 Å². The van der Waals surface area contributed by atoms with Gasteiger partial charge >= 0.3 is 0 Å². The predicted molar refractivity (Wildman–Crippen MR) is 79.5 cm³/mol. The molecular weight excluding hydrogens is 258 g/mol. The van der Waals surface area contributed by atoms with Crippen LogP contribution in [0.5, 0.6) is 0 Å². The molecule has 0 saturated heterocycles. The average Bonchev–Trinajstić information content (AvgIpc) is 2.75. The number of rotatable bonds is 2. The Balaban J connectivity index is 2.23. The number of nitrogens with two attached hydrogens (primary N) is 1. The molecular formula is C15H20ClN3. The molecule has 1 aromatic heterocycles. The van der Waals surface area contributed by atoms with Crippen molar-refractivity contribution < 1.29 is 0 Å². The fourth-order valence-corrected chi connectivity index (χ4v) is 3.83. The Bertz CT molecular complexity index is 597. The lowest BCUT2D eigenvalue weighted by atomic mass is 9.68. The van der Waals surface area contributed by atoms with Crippen LogP contribution in [0, 0.1) is 0 Å². The summed E-state index contributed by atoms with van der Waals surface area (Å²) in [5.74, 6) is 0. The minimum Gasteiger partial charge on any atom is -0.330 e. The molecule has 0 amide bonds. The second-order valence-electron chi connectivity index (χ2n) is 5.66. The van der Waals surface area contributed by atoms with Crippen molar-refractivity contribution in [3.05, 3.63) is 28.9 Å². The number of fused-ring (bicyclic) bond motifs is 1. The minimum absolute atomic E-state index is 0.0877. The van der Waals surface area contributed by atoms with Gasteiger partial charge in [0, 0.05) is 24.4 Å². The monoisotopic (exact) mass is 277 g/mol. The van der Waals surface area contributed by atoms with Crippen molar-refractivity contribution in [2.75, 3.05) is 6.54 Å². The summed E-state index contributed by atoms with van der Waals surface area (Å²) in [6.45, 7) is 0.692. The summed E-state index contributed by atoms with van der Waals surface area (Å²) in [7, 11) is 1.94. The quantitative estimate of drug-likeness (QED) is 0.914. The maximum atomic E-state index is 6.35. The van der Waals surface area contributed by atoms with Gasteiger partial charge in [-0.3, -0.25) is 4.68 Å². The number of hydrogen-bond acceptors (Lipinski definition) is 2. The third kappa shape index (κ3) is 1.96. The molecule has 1 aliphatic rings. The molecule has 1 aromatic carbocycles. The van der Waals surface area contributed by atoms with Gasteiger partial charge in [0.15, 0.2) is 5.15 Å². The first kappa shape index (κ1) is 12.9. The van der Waals surface area contributed by atoms with Gasteiger partial charge in [-0.25, -0.2) is 0 Å². The summed E-state index contributed by atoms with van der Waals surface area (Å²) in [4.78, 5) is 0. The second kappa shape index (κ2) is 4.80. The molecule has 2 N–H and O–H groups in total. The van der Waals surface area contributed by atoms with E-state index in [1.54, 1.807) is 0 Å². The molecule has 1 heterocycles. The Morgan fingerprint density at radius 1 is 1.32 bits per heavy atom. The Kier molecular flexibility index (Phi) is 3.27. The van der Waals surface area contributed by atoms with Crippen LogP contribution in [-0.4, -0.2) is 16.3 Å². The molecule has 4 heteroatoms. The van der Waals surface area contributed by atoms with Crippen molar-refractivity contribution in [3.8, 4) is 0 Å². The molecule has 102 valence electrons. The largest absolute Gasteiger partial charge is 0.330 e. The number of nitrogens with zero attached hydrogens (tertiary/aromatic N) is 2. The third-order valence-electron chi connectivity index (χ3n) is 4.61. The van der Waals surface area contributed by atoms with Crippen LogP contribution in [-0.2, 0) is 12.5 Å². The normalized spacial score (nSPS) is 18.9. The molecule has 2 aromatic rings. The molecule has 3 nitrogen and oxygen atoms in total.